The molecule has 1 saturated heterocycles. The molecule has 0 unspecified atom stereocenters. The number of aryl methyl sites for hydroxylation is 1. The number of benzene rings is 3. The van der Waals surface area contributed by atoms with Crippen LogP contribution in [0, 0.1) is 13.8 Å². The second kappa shape index (κ2) is 12.6. The molecule has 222 valence electrons. The number of carbonyl (C=O) groups excluding carboxylic acids is 1. The van der Waals surface area contributed by atoms with Crippen LogP contribution in [-0.2, 0) is 4.79 Å². The summed E-state index contributed by atoms with van der Waals surface area (Å²) in [5, 5.41) is 7.05. The Bertz CT molecular complexity index is 1770. The standard InChI is InChI=1S/C35H33N5O3S/c1-23-20-30(24(2)39(23)27-10-9-13-29(21-27)42-3)34-33(31-14-7-8-19-36-31)38-35(44)40(34)26-17-15-25(16-18-26)37-32(41)22-43-28-11-5-4-6-12-28/h4-21,33-34H,22H2,1-3H3,(H,37,41)(H,38,44)/t33-,34+/m1/s1. The Balaban J connectivity index is 1.31. The summed E-state index contributed by atoms with van der Waals surface area (Å²) in [5.74, 6) is 1.21. The number of hydrogen-bond acceptors (Lipinski definition) is 5. The average molecular weight is 604 g/mol. The monoisotopic (exact) mass is 603 g/mol. The van der Waals surface area contributed by atoms with E-state index in [1.807, 2.05) is 91.0 Å². The second-order valence-electron chi connectivity index (χ2n) is 10.6. The van der Waals surface area contributed by atoms with Gasteiger partial charge in [-0.25, -0.2) is 0 Å². The molecule has 2 atom stereocenters. The van der Waals surface area contributed by atoms with Crippen LogP contribution in [-0.4, -0.2) is 34.3 Å². The number of ether oxygens (including phenoxy) is 2. The van der Waals surface area contributed by atoms with Crippen molar-refractivity contribution in [3.8, 4) is 17.2 Å². The fourth-order valence-corrected chi connectivity index (χ4v) is 6.10. The van der Waals surface area contributed by atoms with Gasteiger partial charge in [-0.1, -0.05) is 30.3 Å². The van der Waals surface area contributed by atoms with Crippen LogP contribution in [0.1, 0.15) is 34.7 Å². The summed E-state index contributed by atoms with van der Waals surface area (Å²) in [6.07, 6.45) is 1.80. The van der Waals surface area contributed by atoms with Crippen molar-refractivity contribution in [2.24, 2.45) is 0 Å². The normalized spacial score (nSPS) is 16.0. The number of aromatic nitrogens is 2. The molecular formula is C35H33N5O3S. The van der Waals surface area contributed by atoms with Crippen molar-refractivity contribution in [3.63, 3.8) is 0 Å². The highest BCUT2D eigenvalue weighted by Crippen LogP contribution is 2.44. The first kappa shape index (κ1) is 28.9. The average Bonchev–Trinajstić information content (AvgIpc) is 3.55. The molecule has 8 nitrogen and oxygen atoms in total. The van der Waals surface area contributed by atoms with Crippen LogP contribution in [0.3, 0.4) is 0 Å². The van der Waals surface area contributed by atoms with E-state index in [2.05, 4.69) is 46.1 Å². The largest absolute Gasteiger partial charge is 0.497 e. The van der Waals surface area contributed by atoms with Gasteiger partial charge in [-0.3, -0.25) is 9.78 Å². The Kier molecular flexibility index (Phi) is 8.29. The van der Waals surface area contributed by atoms with E-state index in [4.69, 9.17) is 26.7 Å². The molecular weight excluding hydrogens is 570 g/mol. The van der Waals surface area contributed by atoms with Gasteiger partial charge in [-0.15, -0.1) is 0 Å². The van der Waals surface area contributed by atoms with Crippen LogP contribution in [0.4, 0.5) is 11.4 Å². The fraction of sp³-hybridized carbons (Fsp3) is 0.171. The summed E-state index contributed by atoms with van der Waals surface area (Å²) in [4.78, 5) is 19.4. The van der Waals surface area contributed by atoms with Gasteiger partial charge in [0.1, 0.15) is 11.5 Å². The molecule has 1 aliphatic heterocycles. The molecule has 2 aromatic heterocycles. The Hall–Kier alpha value is -5.15. The smallest absolute Gasteiger partial charge is 0.262 e. The Morgan fingerprint density at radius 1 is 0.909 bits per heavy atom. The van der Waals surface area contributed by atoms with E-state index in [0.29, 0.717) is 16.5 Å². The van der Waals surface area contributed by atoms with Gasteiger partial charge in [0.05, 0.1) is 24.9 Å². The zero-order valence-electron chi connectivity index (χ0n) is 24.7. The number of para-hydroxylation sites is 1. The molecule has 0 saturated carbocycles. The van der Waals surface area contributed by atoms with Gasteiger partial charge in [0.2, 0.25) is 0 Å². The van der Waals surface area contributed by atoms with Crippen molar-refractivity contribution in [2.75, 3.05) is 23.9 Å². The van der Waals surface area contributed by atoms with E-state index in [1.54, 1.807) is 13.3 Å². The van der Waals surface area contributed by atoms with Crippen LogP contribution >= 0.6 is 12.2 Å². The van der Waals surface area contributed by atoms with E-state index in [0.717, 1.165) is 39.8 Å². The summed E-state index contributed by atoms with van der Waals surface area (Å²) >= 11 is 5.95. The first-order valence-electron chi connectivity index (χ1n) is 14.3. The fourth-order valence-electron chi connectivity index (χ4n) is 5.75. The van der Waals surface area contributed by atoms with Crippen molar-refractivity contribution >= 4 is 34.6 Å². The number of hydrogen-bond donors (Lipinski definition) is 2. The highest BCUT2D eigenvalue weighted by Gasteiger charge is 2.42. The molecule has 0 spiro atoms. The third kappa shape index (κ3) is 5.87. The molecule has 6 rings (SSSR count). The van der Waals surface area contributed by atoms with Gasteiger partial charge < -0.3 is 29.6 Å². The number of nitrogens with one attached hydrogen (secondary N) is 2. The highest BCUT2D eigenvalue weighted by molar-refractivity contribution is 7.80. The van der Waals surface area contributed by atoms with E-state index in [1.165, 1.54) is 0 Å². The third-order valence-corrected chi connectivity index (χ3v) is 8.06. The van der Waals surface area contributed by atoms with Gasteiger partial charge in [0, 0.05) is 40.7 Å². The molecule has 0 aliphatic carbocycles. The maximum absolute atomic E-state index is 12.6. The van der Waals surface area contributed by atoms with Crippen molar-refractivity contribution in [3.05, 3.63) is 132 Å². The van der Waals surface area contributed by atoms with E-state index in [-0.39, 0.29) is 24.6 Å². The number of nitrogens with zero attached hydrogens (tertiary/aromatic N) is 3. The number of carbonyl (C=O) groups is 1. The molecule has 1 fully saturated rings. The number of methoxy groups -OCH3 is 1. The van der Waals surface area contributed by atoms with Gasteiger partial charge in [0.15, 0.2) is 11.7 Å². The van der Waals surface area contributed by atoms with Gasteiger partial charge >= 0.3 is 0 Å². The van der Waals surface area contributed by atoms with Crippen LogP contribution < -0.4 is 25.0 Å². The van der Waals surface area contributed by atoms with Crippen LogP contribution in [0.5, 0.6) is 11.5 Å². The highest BCUT2D eigenvalue weighted by atomic mass is 32.1. The van der Waals surface area contributed by atoms with Gasteiger partial charge in [-0.2, -0.15) is 0 Å². The summed E-state index contributed by atoms with van der Waals surface area (Å²) in [5.41, 5.74) is 6.81. The minimum absolute atomic E-state index is 0.0807. The molecule has 0 bridgehead atoms. The maximum atomic E-state index is 12.6. The van der Waals surface area contributed by atoms with Crippen molar-refractivity contribution in [1.82, 2.24) is 14.9 Å². The molecule has 9 heteroatoms. The van der Waals surface area contributed by atoms with Crippen molar-refractivity contribution in [1.29, 1.82) is 0 Å². The molecule has 2 N–H and O–H groups in total. The lowest BCUT2D eigenvalue weighted by Gasteiger charge is -2.28. The second-order valence-corrected chi connectivity index (χ2v) is 10.9. The number of pyridine rings is 1. The zero-order chi connectivity index (χ0) is 30.6. The first-order chi connectivity index (χ1) is 21.4. The summed E-state index contributed by atoms with van der Waals surface area (Å²) in [7, 11) is 1.68. The summed E-state index contributed by atoms with van der Waals surface area (Å²) in [6.45, 7) is 4.16. The van der Waals surface area contributed by atoms with Crippen molar-refractivity contribution < 1.29 is 14.3 Å². The lowest BCUT2D eigenvalue weighted by molar-refractivity contribution is -0.118. The Morgan fingerprint density at radius 2 is 1.66 bits per heavy atom. The first-order valence-corrected chi connectivity index (χ1v) is 14.8. The number of rotatable bonds is 9. The van der Waals surface area contributed by atoms with Crippen LogP contribution in [0.2, 0.25) is 0 Å². The molecule has 3 heterocycles. The Morgan fingerprint density at radius 3 is 2.39 bits per heavy atom. The van der Waals surface area contributed by atoms with Gasteiger partial charge in [0.25, 0.3) is 5.91 Å². The minimum Gasteiger partial charge on any atom is -0.497 e. The SMILES string of the molecule is COc1cccc(-n2c(C)cc([C@H]3[C@@H](c4ccccn4)NC(=S)N3c3ccc(NC(=O)COc4ccccc4)cc3)c2C)c1. The van der Waals surface area contributed by atoms with Crippen LogP contribution in [0.25, 0.3) is 5.69 Å². The summed E-state index contributed by atoms with van der Waals surface area (Å²) in [6, 6.07) is 32.8. The molecule has 44 heavy (non-hydrogen) atoms. The number of amides is 1. The number of anilines is 2. The molecule has 1 aliphatic rings. The van der Waals surface area contributed by atoms with Gasteiger partial charge in [-0.05, 0) is 98.4 Å². The third-order valence-electron chi connectivity index (χ3n) is 7.74. The Labute approximate surface area is 262 Å². The predicted molar refractivity (Wildman–Crippen MR) is 177 cm³/mol. The lowest BCUT2D eigenvalue weighted by Crippen LogP contribution is -2.29. The van der Waals surface area contributed by atoms with E-state index >= 15 is 0 Å². The van der Waals surface area contributed by atoms with E-state index in [9.17, 15) is 4.79 Å². The topological polar surface area (TPSA) is 80.7 Å². The molecule has 1 amide bonds. The van der Waals surface area contributed by atoms with Crippen LogP contribution in [0.15, 0.2) is 109 Å². The summed E-state index contributed by atoms with van der Waals surface area (Å²) < 4.78 is 13.3. The number of thiocarbonyl (C=S) groups is 1. The maximum Gasteiger partial charge on any atom is 0.262 e. The quantitative estimate of drug-likeness (QED) is 0.182. The zero-order valence-corrected chi connectivity index (χ0v) is 25.5. The predicted octanol–water partition coefficient (Wildman–Crippen LogP) is 6.69. The van der Waals surface area contributed by atoms with Crippen molar-refractivity contribution in [2.45, 2.75) is 25.9 Å². The minimum atomic E-state index is -0.238. The molecule has 5 aromatic rings. The molecule has 3 aromatic carbocycles. The molecule has 0 radical (unpaired) electrons. The lowest BCUT2D eigenvalue weighted by atomic mass is 9.96. The van der Waals surface area contributed by atoms with E-state index < -0.39 is 0 Å².